The highest BCUT2D eigenvalue weighted by Gasteiger charge is 2.27. The van der Waals surface area contributed by atoms with Crippen molar-refractivity contribution in [2.75, 3.05) is 26.1 Å². The van der Waals surface area contributed by atoms with Gasteiger partial charge in [-0.15, -0.1) is 0 Å². The van der Waals surface area contributed by atoms with Gasteiger partial charge in [0, 0.05) is 53.0 Å². The Morgan fingerprint density at radius 2 is 1.61 bits per heavy atom. The molecule has 2 aromatic carbocycles. The van der Waals surface area contributed by atoms with Gasteiger partial charge in [-0.05, 0) is 31.2 Å². The maximum absolute atomic E-state index is 13.3. The van der Waals surface area contributed by atoms with Gasteiger partial charge in [-0.1, -0.05) is 0 Å². The molecule has 4 rings (SSSR count). The predicted molar refractivity (Wildman–Crippen MR) is 120 cm³/mol. The third-order valence-corrected chi connectivity index (χ3v) is 6.62. The maximum atomic E-state index is 13.3. The van der Waals surface area contributed by atoms with E-state index >= 15 is 0 Å². The summed E-state index contributed by atoms with van der Waals surface area (Å²) in [5, 5.41) is 1.87. The number of anilines is 1. The van der Waals surface area contributed by atoms with Crippen molar-refractivity contribution < 1.29 is 22.6 Å². The molecular formula is C22H23N3O5S. The third kappa shape index (κ3) is 3.50. The van der Waals surface area contributed by atoms with E-state index in [-0.39, 0.29) is 16.4 Å². The van der Waals surface area contributed by atoms with Gasteiger partial charge in [0.25, 0.3) is 10.0 Å². The zero-order valence-electron chi connectivity index (χ0n) is 17.7. The van der Waals surface area contributed by atoms with Crippen LogP contribution in [0, 0.1) is 0 Å². The smallest absolute Gasteiger partial charge is 0.269 e. The molecule has 0 aliphatic rings. The summed E-state index contributed by atoms with van der Waals surface area (Å²) >= 11 is 0. The van der Waals surface area contributed by atoms with E-state index in [0.717, 1.165) is 28.4 Å². The summed E-state index contributed by atoms with van der Waals surface area (Å²) < 4.78 is 47.2. The molecule has 0 aliphatic carbocycles. The van der Waals surface area contributed by atoms with Crippen LogP contribution in [0.25, 0.3) is 21.8 Å². The van der Waals surface area contributed by atoms with E-state index in [9.17, 15) is 8.42 Å². The summed E-state index contributed by atoms with van der Waals surface area (Å²) in [7, 11) is 0.251. The molecule has 1 N–H and O–H groups in total. The lowest BCUT2D eigenvalue weighted by atomic mass is 10.2. The minimum atomic E-state index is -4.02. The summed E-state index contributed by atoms with van der Waals surface area (Å²) in [5.41, 5.74) is 2.48. The SMILES string of the molecule is CCn1c2ccncc2c2cc(NS(=O)(=O)c3c(OC)cc(OC)cc3OC)ccc21. The van der Waals surface area contributed by atoms with E-state index in [1.54, 1.807) is 18.5 Å². The Morgan fingerprint density at radius 1 is 0.935 bits per heavy atom. The third-order valence-electron chi connectivity index (χ3n) is 5.17. The minimum Gasteiger partial charge on any atom is -0.496 e. The van der Waals surface area contributed by atoms with Gasteiger partial charge >= 0.3 is 0 Å². The highest BCUT2D eigenvalue weighted by Crippen LogP contribution is 2.39. The normalized spacial score (nSPS) is 11.6. The topological polar surface area (TPSA) is 91.7 Å². The molecule has 0 unspecified atom stereocenters. The van der Waals surface area contributed by atoms with Gasteiger partial charge < -0.3 is 18.8 Å². The largest absolute Gasteiger partial charge is 0.496 e. The Kier molecular flexibility index (Phi) is 5.36. The Hall–Kier alpha value is -3.46. The molecule has 0 bridgehead atoms. The van der Waals surface area contributed by atoms with Crippen LogP contribution in [0.1, 0.15) is 6.92 Å². The van der Waals surface area contributed by atoms with E-state index < -0.39 is 10.0 Å². The highest BCUT2D eigenvalue weighted by atomic mass is 32.2. The summed E-state index contributed by atoms with van der Waals surface area (Å²) in [6.45, 7) is 2.85. The molecule has 8 nitrogen and oxygen atoms in total. The van der Waals surface area contributed by atoms with Crippen LogP contribution >= 0.6 is 0 Å². The van der Waals surface area contributed by atoms with Crippen molar-refractivity contribution in [3.05, 3.63) is 48.8 Å². The standard InChI is InChI=1S/C22H23N3O5S/c1-5-25-18-7-6-14(10-16(18)17-13-23-9-8-19(17)25)24-31(26,27)22-20(29-3)11-15(28-2)12-21(22)30-4/h6-13,24H,5H2,1-4H3. The monoisotopic (exact) mass is 441 g/mol. The number of fused-ring (bicyclic) bond motifs is 3. The fraction of sp³-hybridized carbons (Fsp3) is 0.227. The lowest BCUT2D eigenvalue weighted by Gasteiger charge is -2.16. The van der Waals surface area contributed by atoms with Crippen LogP contribution in [-0.2, 0) is 16.6 Å². The second kappa shape index (κ2) is 7.99. The number of nitrogens with zero attached hydrogens (tertiary/aromatic N) is 2. The average Bonchev–Trinajstić information content (AvgIpc) is 3.10. The van der Waals surface area contributed by atoms with E-state index in [1.807, 2.05) is 18.2 Å². The fourth-order valence-electron chi connectivity index (χ4n) is 3.80. The fourth-order valence-corrected chi connectivity index (χ4v) is 5.15. The Bertz CT molecular complexity index is 1350. The molecule has 0 fully saturated rings. The number of hydrogen-bond donors (Lipinski definition) is 1. The minimum absolute atomic E-state index is 0.101. The summed E-state index contributed by atoms with van der Waals surface area (Å²) in [4.78, 5) is 4.13. The van der Waals surface area contributed by atoms with Crippen LogP contribution < -0.4 is 18.9 Å². The maximum Gasteiger partial charge on any atom is 0.269 e. The van der Waals surface area contributed by atoms with Gasteiger partial charge in [0.15, 0.2) is 4.90 Å². The number of pyridine rings is 1. The highest BCUT2D eigenvalue weighted by molar-refractivity contribution is 7.93. The number of ether oxygens (including phenoxy) is 3. The molecule has 0 radical (unpaired) electrons. The lowest BCUT2D eigenvalue weighted by Crippen LogP contribution is -2.15. The molecule has 9 heteroatoms. The molecule has 0 atom stereocenters. The molecule has 0 saturated carbocycles. The van der Waals surface area contributed by atoms with Crippen molar-refractivity contribution in [1.29, 1.82) is 0 Å². The van der Waals surface area contributed by atoms with E-state index in [1.165, 1.54) is 33.5 Å². The second-order valence-electron chi connectivity index (χ2n) is 6.84. The van der Waals surface area contributed by atoms with Crippen LogP contribution in [0.4, 0.5) is 5.69 Å². The van der Waals surface area contributed by atoms with Crippen molar-refractivity contribution in [3.8, 4) is 17.2 Å². The lowest BCUT2D eigenvalue weighted by molar-refractivity contribution is 0.359. The van der Waals surface area contributed by atoms with Crippen molar-refractivity contribution in [2.45, 2.75) is 18.4 Å². The first-order valence-corrected chi connectivity index (χ1v) is 11.1. The molecular weight excluding hydrogens is 418 g/mol. The summed E-state index contributed by atoms with van der Waals surface area (Å²) in [6.07, 6.45) is 3.54. The first kappa shape index (κ1) is 20.8. The van der Waals surface area contributed by atoms with Crippen molar-refractivity contribution in [3.63, 3.8) is 0 Å². The molecule has 2 aromatic heterocycles. The van der Waals surface area contributed by atoms with Gasteiger partial charge in [0.2, 0.25) is 0 Å². The van der Waals surface area contributed by atoms with Crippen LogP contribution in [0.3, 0.4) is 0 Å². The van der Waals surface area contributed by atoms with Crippen LogP contribution in [-0.4, -0.2) is 39.3 Å². The first-order valence-electron chi connectivity index (χ1n) is 9.62. The van der Waals surface area contributed by atoms with Crippen molar-refractivity contribution in [1.82, 2.24) is 9.55 Å². The quantitative estimate of drug-likeness (QED) is 0.465. The predicted octanol–water partition coefficient (Wildman–Crippen LogP) is 4.04. The number of sulfonamides is 1. The second-order valence-corrected chi connectivity index (χ2v) is 8.45. The van der Waals surface area contributed by atoms with Crippen molar-refractivity contribution in [2.24, 2.45) is 0 Å². The average molecular weight is 442 g/mol. The molecule has 2 heterocycles. The Morgan fingerprint density at radius 3 is 2.23 bits per heavy atom. The Balaban J connectivity index is 1.83. The molecule has 4 aromatic rings. The molecule has 31 heavy (non-hydrogen) atoms. The molecule has 162 valence electrons. The first-order chi connectivity index (χ1) is 14.9. The summed E-state index contributed by atoms with van der Waals surface area (Å²) in [6, 6.07) is 10.4. The van der Waals surface area contributed by atoms with E-state index in [0.29, 0.717) is 11.4 Å². The van der Waals surface area contributed by atoms with Crippen LogP contribution in [0.5, 0.6) is 17.2 Å². The Labute approximate surface area is 180 Å². The van der Waals surface area contributed by atoms with Gasteiger partial charge in [-0.3, -0.25) is 9.71 Å². The van der Waals surface area contributed by atoms with Gasteiger partial charge in [0.1, 0.15) is 17.2 Å². The number of aromatic nitrogens is 2. The van der Waals surface area contributed by atoms with E-state index in [2.05, 4.69) is 21.2 Å². The number of nitrogens with one attached hydrogen (secondary N) is 1. The number of aryl methyl sites for hydroxylation is 1. The van der Waals surface area contributed by atoms with Crippen LogP contribution in [0.2, 0.25) is 0 Å². The summed E-state index contributed by atoms with van der Waals surface area (Å²) in [5.74, 6) is 0.669. The van der Waals surface area contributed by atoms with E-state index in [4.69, 9.17) is 14.2 Å². The van der Waals surface area contributed by atoms with Gasteiger partial charge in [0.05, 0.1) is 26.8 Å². The molecule has 0 amide bonds. The number of methoxy groups -OCH3 is 3. The molecule has 0 saturated heterocycles. The zero-order valence-corrected chi connectivity index (χ0v) is 18.5. The van der Waals surface area contributed by atoms with Gasteiger partial charge in [-0.25, -0.2) is 8.42 Å². The number of rotatable bonds is 7. The molecule has 0 aliphatic heterocycles. The van der Waals surface area contributed by atoms with Gasteiger partial charge in [-0.2, -0.15) is 0 Å². The number of benzene rings is 2. The zero-order chi connectivity index (χ0) is 22.2. The number of hydrogen-bond acceptors (Lipinski definition) is 6. The van der Waals surface area contributed by atoms with Crippen molar-refractivity contribution >= 4 is 37.5 Å². The molecule has 0 spiro atoms. The van der Waals surface area contributed by atoms with Crippen LogP contribution in [0.15, 0.2) is 53.7 Å².